The maximum Gasteiger partial charge on any atom is 0.306 e. The smallest absolute Gasteiger partial charge is 0.306 e. The van der Waals surface area contributed by atoms with Gasteiger partial charge in [-0.05, 0) is 12.1 Å². The third-order valence-electron chi connectivity index (χ3n) is 1.66. The lowest BCUT2D eigenvalue weighted by atomic mass is 10.1. The van der Waals surface area contributed by atoms with Crippen molar-refractivity contribution in [3.8, 4) is 0 Å². The molecule has 0 radical (unpaired) electrons. The lowest BCUT2D eigenvalue weighted by molar-refractivity contribution is -0.141. The molecule has 12 heavy (non-hydrogen) atoms. The Bertz CT molecular complexity index is 258. The third-order valence-corrected chi connectivity index (χ3v) is 1.66. The Hall–Kier alpha value is -1.38. The molecule has 1 N–H and O–H groups in total. The van der Waals surface area contributed by atoms with Gasteiger partial charge < -0.3 is 5.11 Å². The number of carboxylic acid groups (broad SMARTS) is 1. The summed E-state index contributed by atoms with van der Waals surface area (Å²) in [7, 11) is 0. The molecule has 1 aromatic rings. The van der Waals surface area contributed by atoms with Gasteiger partial charge in [0, 0.05) is 18.3 Å². The van der Waals surface area contributed by atoms with Crippen molar-refractivity contribution in [1.29, 1.82) is 0 Å². The first-order valence-electron chi connectivity index (χ1n) is 3.83. The minimum atomic E-state index is -0.777. The Morgan fingerprint density at radius 2 is 2.42 bits per heavy atom. The molecular formula is C9H11NO2. The molecule has 0 fully saturated rings. The van der Waals surface area contributed by atoms with Gasteiger partial charge in [-0.1, -0.05) is 13.0 Å². The molecule has 3 nitrogen and oxygen atoms in total. The number of hydrogen-bond donors (Lipinski definition) is 1. The van der Waals surface area contributed by atoms with E-state index in [1.54, 1.807) is 13.1 Å². The summed E-state index contributed by atoms with van der Waals surface area (Å²) in [5.74, 6) is -1.14. The molecule has 0 saturated heterocycles. The summed E-state index contributed by atoms with van der Waals surface area (Å²) in [4.78, 5) is 14.5. The second kappa shape index (κ2) is 3.85. The van der Waals surface area contributed by atoms with Crippen molar-refractivity contribution in [2.45, 2.75) is 13.3 Å². The normalized spacial score (nSPS) is 12.4. The first kappa shape index (κ1) is 8.71. The minimum Gasteiger partial charge on any atom is -0.481 e. The largest absolute Gasteiger partial charge is 0.481 e. The lowest BCUT2D eigenvalue weighted by Crippen LogP contribution is -2.12. The molecule has 1 atom stereocenters. The second-order valence-electron chi connectivity index (χ2n) is 2.76. The van der Waals surface area contributed by atoms with Crippen LogP contribution < -0.4 is 0 Å². The fourth-order valence-electron chi connectivity index (χ4n) is 0.920. The van der Waals surface area contributed by atoms with Crippen molar-refractivity contribution in [2.24, 2.45) is 5.92 Å². The molecular weight excluding hydrogens is 154 g/mol. The van der Waals surface area contributed by atoms with Gasteiger partial charge in [-0.25, -0.2) is 0 Å². The van der Waals surface area contributed by atoms with Crippen LogP contribution in [0.15, 0.2) is 24.4 Å². The van der Waals surface area contributed by atoms with E-state index in [2.05, 4.69) is 4.98 Å². The summed E-state index contributed by atoms with van der Waals surface area (Å²) in [5.41, 5.74) is 0.826. The lowest BCUT2D eigenvalue weighted by Gasteiger charge is -2.03. The first-order chi connectivity index (χ1) is 5.70. The summed E-state index contributed by atoms with van der Waals surface area (Å²) < 4.78 is 0. The summed E-state index contributed by atoms with van der Waals surface area (Å²) in [6.07, 6.45) is 2.17. The van der Waals surface area contributed by atoms with Crippen LogP contribution in [0.5, 0.6) is 0 Å². The van der Waals surface area contributed by atoms with E-state index in [9.17, 15) is 4.79 Å². The van der Waals surface area contributed by atoms with Gasteiger partial charge in [-0.2, -0.15) is 0 Å². The molecule has 64 valence electrons. The van der Waals surface area contributed by atoms with Crippen LogP contribution in [-0.4, -0.2) is 16.1 Å². The quantitative estimate of drug-likeness (QED) is 0.735. The number of carbonyl (C=O) groups is 1. The highest BCUT2D eigenvalue weighted by atomic mass is 16.4. The van der Waals surface area contributed by atoms with E-state index in [0.717, 1.165) is 5.69 Å². The molecule has 1 heterocycles. The fourth-order valence-corrected chi connectivity index (χ4v) is 0.920. The number of pyridine rings is 1. The summed E-state index contributed by atoms with van der Waals surface area (Å²) in [6.45, 7) is 1.68. The van der Waals surface area contributed by atoms with Crippen LogP contribution >= 0.6 is 0 Å². The average molecular weight is 165 g/mol. The van der Waals surface area contributed by atoms with Crippen LogP contribution in [-0.2, 0) is 11.2 Å². The van der Waals surface area contributed by atoms with E-state index < -0.39 is 5.97 Å². The van der Waals surface area contributed by atoms with Gasteiger partial charge in [0.2, 0.25) is 0 Å². The van der Waals surface area contributed by atoms with E-state index in [-0.39, 0.29) is 5.92 Å². The second-order valence-corrected chi connectivity index (χ2v) is 2.76. The number of nitrogens with zero attached hydrogens (tertiary/aromatic N) is 1. The monoisotopic (exact) mass is 165 g/mol. The van der Waals surface area contributed by atoms with Gasteiger partial charge in [-0.3, -0.25) is 9.78 Å². The molecule has 0 unspecified atom stereocenters. The SMILES string of the molecule is C[C@H](Cc1ccccn1)C(=O)O. The molecule has 0 amide bonds. The van der Waals surface area contributed by atoms with Crippen molar-refractivity contribution in [3.05, 3.63) is 30.1 Å². The number of carboxylic acids is 1. The van der Waals surface area contributed by atoms with E-state index in [1.807, 2.05) is 18.2 Å². The van der Waals surface area contributed by atoms with E-state index >= 15 is 0 Å². The standard InChI is InChI=1S/C9H11NO2/c1-7(9(11)12)6-8-4-2-3-5-10-8/h2-5,7H,6H2,1H3,(H,11,12)/t7-/m1/s1. The van der Waals surface area contributed by atoms with Crippen molar-refractivity contribution in [3.63, 3.8) is 0 Å². The Balaban J connectivity index is 2.58. The zero-order valence-corrected chi connectivity index (χ0v) is 6.90. The van der Waals surface area contributed by atoms with E-state index in [1.165, 1.54) is 0 Å². The Kier molecular flexibility index (Phi) is 2.80. The molecule has 0 aliphatic heterocycles. The zero-order valence-electron chi connectivity index (χ0n) is 6.90. The van der Waals surface area contributed by atoms with Gasteiger partial charge in [0.15, 0.2) is 0 Å². The molecule has 0 aliphatic carbocycles. The third kappa shape index (κ3) is 2.34. The van der Waals surface area contributed by atoms with Crippen LogP contribution in [0.1, 0.15) is 12.6 Å². The highest BCUT2D eigenvalue weighted by Gasteiger charge is 2.11. The molecule has 3 heteroatoms. The Morgan fingerprint density at radius 1 is 1.67 bits per heavy atom. The van der Waals surface area contributed by atoms with E-state index in [0.29, 0.717) is 6.42 Å². The molecule has 0 saturated carbocycles. The predicted molar refractivity (Wildman–Crippen MR) is 44.7 cm³/mol. The Morgan fingerprint density at radius 3 is 2.92 bits per heavy atom. The summed E-state index contributed by atoms with van der Waals surface area (Å²) >= 11 is 0. The van der Waals surface area contributed by atoms with Crippen LogP contribution in [0.4, 0.5) is 0 Å². The number of hydrogen-bond acceptors (Lipinski definition) is 2. The molecule has 0 aromatic carbocycles. The van der Waals surface area contributed by atoms with Crippen molar-refractivity contribution in [1.82, 2.24) is 4.98 Å². The van der Waals surface area contributed by atoms with Crippen LogP contribution in [0.3, 0.4) is 0 Å². The van der Waals surface area contributed by atoms with Gasteiger partial charge in [0.1, 0.15) is 0 Å². The molecule has 0 aliphatic rings. The minimum absolute atomic E-state index is 0.361. The van der Waals surface area contributed by atoms with Gasteiger partial charge >= 0.3 is 5.97 Å². The van der Waals surface area contributed by atoms with Crippen LogP contribution in [0.2, 0.25) is 0 Å². The van der Waals surface area contributed by atoms with Gasteiger partial charge in [-0.15, -0.1) is 0 Å². The number of aliphatic carboxylic acids is 1. The van der Waals surface area contributed by atoms with Crippen LogP contribution in [0, 0.1) is 5.92 Å². The van der Waals surface area contributed by atoms with Gasteiger partial charge in [0.25, 0.3) is 0 Å². The molecule has 0 spiro atoms. The van der Waals surface area contributed by atoms with Crippen molar-refractivity contribution in [2.75, 3.05) is 0 Å². The average Bonchev–Trinajstić information content (AvgIpc) is 2.06. The van der Waals surface area contributed by atoms with Crippen LogP contribution in [0.25, 0.3) is 0 Å². The number of rotatable bonds is 3. The van der Waals surface area contributed by atoms with Crippen molar-refractivity contribution >= 4 is 5.97 Å². The van der Waals surface area contributed by atoms with Crippen molar-refractivity contribution < 1.29 is 9.90 Å². The topological polar surface area (TPSA) is 50.2 Å². The molecule has 1 rings (SSSR count). The highest BCUT2D eigenvalue weighted by molar-refractivity contribution is 5.69. The molecule has 0 bridgehead atoms. The maximum atomic E-state index is 10.5. The molecule has 1 aromatic heterocycles. The number of aromatic nitrogens is 1. The predicted octanol–water partition coefficient (Wildman–Crippen LogP) is 1.34. The zero-order chi connectivity index (χ0) is 8.97. The van der Waals surface area contributed by atoms with E-state index in [4.69, 9.17) is 5.11 Å². The van der Waals surface area contributed by atoms with Gasteiger partial charge in [0.05, 0.1) is 5.92 Å². The fraction of sp³-hybridized carbons (Fsp3) is 0.333. The first-order valence-corrected chi connectivity index (χ1v) is 3.83. The maximum absolute atomic E-state index is 10.5. The summed E-state index contributed by atoms with van der Waals surface area (Å²) in [6, 6.07) is 5.51. The Labute approximate surface area is 71.1 Å². The summed E-state index contributed by atoms with van der Waals surface area (Å²) in [5, 5.41) is 8.62. The highest BCUT2D eigenvalue weighted by Crippen LogP contribution is 2.04.